The number of anilines is 2. The molecule has 0 heterocycles. The van der Waals surface area contributed by atoms with Crippen molar-refractivity contribution >= 4 is 11.4 Å². The van der Waals surface area contributed by atoms with E-state index in [-0.39, 0.29) is 11.9 Å². The molecule has 0 radical (unpaired) electrons. The van der Waals surface area contributed by atoms with Crippen molar-refractivity contribution in [3.63, 3.8) is 0 Å². The predicted octanol–water partition coefficient (Wildman–Crippen LogP) is 4.00. The third-order valence-corrected chi connectivity index (χ3v) is 3.17. The molecule has 0 fully saturated rings. The molecule has 0 spiro atoms. The van der Waals surface area contributed by atoms with Gasteiger partial charge in [0.1, 0.15) is 5.82 Å². The second kappa shape index (κ2) is 5.85. The lowest BCUT2D eigenvalue weighted by Crippen LogP contribution is -2.19. The smallest absolute Gasteiger partial charge is 0.123 e. The van der Waals surface area contributed by atoms with Gasteiger partial charge in [0.25, 0.3) is 0 Å². The molecule has 0 aromatic heterocycles. The number of hydrogen-bond donors (Lipinski definition) is 1. The van der Waals surface area contributed by atoms with Gasteiger partial charge in [-0.1, -0.05) is 18.2 Å². The molecule has 2 nitrogen and oxygen atoms in total. The number of nitrogens with two attached hydrogens (primary N) is 1. The van der Waals surface area contributed by atoms with Crippen LogP contribution in [0.15, 0.2) is 48.5 Å². The molecule has 1 atom stereocenters. The van der Waals surface area contributed by atoms with Gasteiger partial charge in [0, 0.05) is 24.0 Å². The van der Waals surface area contributed by atoms with Crippen molar-refractivity contribution in [1.82, 2.24) is 0 Å². The van der Waals surface area contributed by atoms with Crippen LogP contribution in [0.3, 0.4) is 0 Å². The molecule has 3 heteroatoms. The Labute approximate surface area is 113 Å². The molecule has 19 heavy (non-hydrogen) atoms. The Morgan fingerprint density at radius 1 is 1.11 bits per heavy atom. The zero-order chi connectivity index (χ0) is 13.8. The molecule has 0 saturated heterocycles. The first-order valence-corrected chi connectivity index (χ1v) is 6.51. The average molecular weight is 258 g/mol. The lowest BCUT2D eigenvalue weighted by Gasteiger charge is -2.27. The molecule has 2 rings (SSSR count). The van der Waals surface area contributed by atoms with Crippen molar-refractivity contribution in [3.8, 4) is 0 Å². The van der Waals surface area contributed by atoms with E-state index >= 15 is 0 Å². The molecule has 0 unspecified atom stereocenters. The van der Waals surface area contributed by atoms with Crippen LogP contribution in [0.2, 0.25) is 0 Å². The van der Waals surface area contributed by atoms with E-state index in [9.17, 15) is 4.39 Å². The second-order valence-electron chi connectivity index (χ2n) is 4.57. The molecule has 2 aromatic rings. The number of hydrogen-bond acceptors (Lipinski definition) is 2. The van der Waals surface area contributed by atoms with Gasteiger partial charge < -0.3 is 10.6 Å². The molecular formula is C16H19FN2. The highest BCUT2D eigenvalue weighted by Crippen LogP contribution is 2.31. The number of rotatable bonds is 4. The van der Waals surface area contributed by atoms with E-state index in [0.29, 0.717) is 0 Å². The van der Waals surface area contributed by atoms with Crippen LogP contribution in [0.4, 0.5) is 15.8 Å². The van der Waals surface area contributed by atoms with Crippen molar-refractivity contribution < 1.29 is 4.39 Å². The predicted molar refractivity (Wildman–Crippen MR) is 78.1 cm³/mol. The molecule has 100 valence electrons. The van der Waals surface area contributed by atoms with E-state index in [1.165, 1.54) is 12.1 Å². The summed E-state index contributed by atoms with van der Waals surface area (Å²) in [6.07, 6.45) is 0. The fourth-order valence-corrected chi connectivity index (χ4v) is 2.23. The fraction of sp³-hybridized carbons (Fsp3) is 0.250. The summed E-state index contributed by atoms with van der Waals surface area (Å²) in [5.74, 6) is -0.222. The summed E-state index contributed by atoms with van der Waals surface area (Å²) in [6, 6.07) is 14.6. The van der Waals surface area contributed by atoms with Crippen molar-refractivity contribution in [2.75, 3.05) is 11.4 Å². The van der Waals surface area contributed by atoms with Gasteiger partial charge in [-0.25, -0.2) is 4.39 Å². The standard InChI is InChI=1S/C16H19FN2/c1-3-19(14-10-8-13(17)9-11-14)16-7-5-4-6-15(16)12(2)18/h4-12H,3,18H2,1-2H3/t12-/m1/s1. The van der Waals surface area contributed by atoms with Crippen LogP contribution in [0, 0.1) is 5.82 Å². The summed E-state index contributed by atoms with van der Waals surface area (Å²) < 4.78 is 13.0. The summed E-state index contributed by atoms with van der Waals surface area (Å²) in [7, 11) is 0. The highest BCUT2D eigenvalue weighted by Gasteiger charge is 2.13. The van der Waals surface area contributed by atoms with Crippen LogP contribution < -0.4 is 10.6 Å². The lowest BCUT2D eigenvalue weighted by atomic mass is 10.1. The normalized spacial score (nSPS) is 12.2. The van der Waals surface area contributed by atoms with Gasteiger partial charge in [-0.3, -0.25) is 0 Å². The van der Waals surface area contributed by atoms with Gasteiger partial charge in [0.2, 0.25) is 0 Å². The van der Waals surface area contributed by atoms with Gasteiger partial charge in [-0.2, -0.15) is 0 Å². The maximum atomic E-state index is 13.0. The Kier molecular flexibility index (Phi) is 4.17. The number of benzene rings is 2. The maximum Gasteiger partial charge on any atom is 0.123 e. The minimum atomic E-state index is -0.222. The number of halogens is 1. The summed E-state index contributed by atoms with van der Waals surface area (Å²) in [6.45, 7) is 4.84. The first-order chi connectivity index (χ1) is 9.13. The van der Waals surface area contributed by atoms with Crippen LogP contribution in [-0.2, 0) is 0 Å². The van der Waals surface area contributed by atoms with E-state index in [4.69, 9.17) is 5.73 Å². The zero-order valence-corrected chi connectivity index (χ0v) is 11.3. The Morgan fingerprint density at radius 3 is 2.32 bits per heavy atom. The van der Waals surface area contributed by atoms with Gasteiger partial charge >= 0.3 is 0 Å². The van der Waals surface area contributed by atoms with Crippen LogP contribution >= 0.6 is 0 Å². The van der Waals surface area contributed by atoms with Crippen molar-refractivity contribution in [2.24, 2.45) is 5.73 Å². The molecule has 0 aliphatic heterocycles. The fourth-order valence-electron chi connectivity index (χ4n) is 2.23. The Bertz CT molecular complexity index is 535. The Morgan fingerprint density at radius 2 is 1.74 bits per heavy atom. The van der Waals surface area contributed by atoms with Crippen molar-refractivity contribution in [2.45, 2.75) is 19.9 Å². The average Bonchev–Trinajstić information content (AvgIpc) is 2.42. The summed E-state index contributed by atoms with van der Waals surface area (Å²) in [5.41, 5.74) is 9.16. The Hall–Kier alpha value is -1.87. The summed E-state index contributed by atoms with van der Waals surface area (Å²) in [4.78, 5) is 2.14. The van der Waals surface area contributed by atoms with Crippen LogP contribution in [0.25, 0.3) is 0 Å². The van der Waals surface area contributed by atoms with Crippen molar-refractivity contribution in [3.05, 3.63) is 59.9 Å². The highest BCUT2D eigenvalue weighted by atomic mass is 19.1. The molecule has 0 amide bonds. The maximum absolute atomic E-state index is 13.0. The van der Waals surface area contributed by atoms with E-state index in [1.54, 1.807) is 12.1 Å². The quantitative estimate of drug-likeness (QED) is 0.898. The zero-order valence-electron chi connectivity index (χ0n) is 11.3. The van der Waals surface area contributed by atoms with Gasteiger partial charge in [0.05, 0.1) is 0 Å². The van der Waals surface area contributed by atoms with E-state index in [0.717, 1.165) is 23.5 Å². The molecule has 0 aliphatic rings. The molecule has 2 N–H and O–H groups in total. The van der Waals surface area contributed by atoms with Crippen LogP contribution in [-0.4, -0.2) is 6.54 Å². The first kappa shape index (κ1) is 13.6. The Balaban J connectivity index is 2.45. The largest absolute Gasteiger partial charge is 0.341 e. The second-order valence-corrected chi connectivity index (χ2v) is 4.57. The van der Waals surface area contributed by atoms with Gasteiger partial charge in [0.15, 0.2) is 0 Å². The van der Waals surface area contributed by atoms with Crippen molar-refractivity contribution in [1.29, 1.82) is 0 Å². The molecule has 0 bridgehead atoms. The molecular weight excluding hydrogens is 239 g/mol. The first-order valence-electron chi connectivity index (χ1n) is 6.51. The third kappa shape index (κ3) is 2.93. The lowest BCUT2D eigenvalue weighted by molar-refractivity contribution is 0.628. The van der Waals surface area contributed by atoms with E-state index < -0.39 is 0 Å². The van der Waals surface area contributed by atoms with Crippen LogP contribution in [0.1, 0.15) is 25.5 Å². The van der Waals surface area contributed by atoms with Gasteiger partial charge in [-0.15, -0.1) is 0 Å². The highest BCUT2D eigenvalue weighted by molar-refractivity contribution is 5.66. The SMILES string of the molecule is CCN(c1ccc(F)cc1)c1ccccc1[C@@H](C)N. The molecule has 0 aliphatic carbocycles. The van der Waals surface area contributed by atoms with Crippen LogP contribution in [0.5, 0.6) is 0 Å². The third-order valence-electron chi connectivity index (χ3n) is 3.17. The number of nitrogens with zero attached hydrogens (tertiary/aromatic N) is 1. The molecule has 2 aromatic carbocycles. The van der Waals surface area contributed by atoms with E-state index in [1.807, 2.05) is 31.2 Å². The topological polar surface area (TPSA) is 29.3 Å². The van der Waals surface area contributed by atoms with E-state index in [2.05, 4.69) is 11.8 Å². The summed E-state index contributed by atoms with van der Waals surface area (Å²) >= 11 is 0. The van der Waals surface area contributed by atoms with Gasteiger partial charge in [-0.05, 0) is 49.7 Å². The minimum absolute atomic E-state index is 0.0364. The molecule has 0 saturated carbocycles. The summed E-state index contributed by atoms with van der Waals surface area (Å²) in [5, 5.41) is 0. The number of para-hydroxylation sites is 1. The minimum Gasteiger partial charge on any atom is -0.341 e. The monoisotopic (exact) mass is 258 g/mol.